The van der Waals surface area contributed by atoms with Crippen molar-refractivity contribution in [1.29, 1.82) is 0 Å². The molecule has 0 spiro atoms. The fourth-order valence-electron chi connectivity index (χ4n) is 2.37. The van der Waals surface area contributed by atoms with Crippen LogP contribution in [0.15, 0.2) is 17.2 Å². The van der Waals surface area contributed by atoms with Crippen molar-refractivity contribution in [3.8, 4) is 17.2 Å². The molecule has 0 atom stereocenters. The second-order valence-corrected chi connectivity index (χ2v) is 6.61. The molecule has 1 aromatic carbocycles. The number of carbonyl (C=O) groups excluding carboxylic acids is 1. The minimum absolute atomic E-state index is 0.400. The van der Waals surface area contributed by atoms with E-state index in [1.165, 1.54) is 18.4 Å². The fourth-order valence-corrected chi connectivity index (χ4v) is 3.30. The number of nitrogens with one attached hydrogen (secondary N) is 1. The first-order chi connectivity index (χ1) is 13.6. The predicted molar refractivity (Wildman–Crippen MR) is 109 cm³/mol. The van der Waals surface area contributed by atoms with Crippen LogP contribution in [0.4, 0.5) is 5.13 Å². The Hall–Kier alpha value is -2.81. The average Bonchev–Trinajstić information content (AvgIpc) is 3.14. The van der Waals surface area contributed by atoms with Crippen molar-refractivity contribution in [2.24, 2.45) is 5.10 Å². The van der Waals surface area contributed by atoms with E-state index in [-0.39, 0.29) is 0 Å². The van der Waals surface area contributed by atoms with Crippen molar-refractivity contribution < 1.29 is 23.7 Å². The molecular weight excluding hydrogens is 382 g/mol. The maximum Gasteiger partial charge on any atom is 0.350 e. The number of esters is 1. The SMILES string of the molecule is CCCOc1c(OC)cc(/C=N\Nc2nc(CC)c(C(=O)OC)s2)cc1OC. The van der Waals surface area contributed by atoms with Crippen molar-refractivity contribution in [3.05, 3.63) is 28.3 Å². The second-order valence-electron chi connectivity index (χ2n) is 5.61. The maximum absolute atomic E-state index is 11.8. The molecule has 8 nitrogen and oxygen atoms in total. The third-order valence-electron chi connectivity index (χ3n) is 3.71. The van der Waals surface area contributed by atoms with Gasteiger partial charge < -0.3 is 18.9 Å². The molecule has 1 aromatic heterocycles. The monoisotopic (exact) mass is 407 g/mol. The number of anilines is 1. The molecule has 0 aliphatic rings. The minimum atomic E-state index is -0.400. The lowest BCUT2D eigenvalue weighted by molar-refractivity contribution is 0.0605. The normalized spacial score (nSPS) is 10.8. The van der Waals surface area contributed by atoms with Gasteiger partial charge in [0.2, 0.25) is 10.9 Å². The van der Waals surface area contributed by atoms with Crippen molar-refractivity contribution in [1.82, 2.24) is 4.98 Å². The van der Waals surface area contributed by atoms with Crippen molar-refractivity contribution in [2.45, 2.75) is 26.7 Å². The smallest absolute Gasteiger partial charge is 0.350 e. The molecule has 0 bridgehead atoms. The van der Waals surface area contributed by atoms with Crippen LogP contribution in [0.1, 0.15) is 41.2 Å². The van der Waals surface area contributed by atoms with Crippen molar-refractivity contribution in [3.63, 3.8) is 0 Å². The summed E-state index contributed by atoms with van der Waals surface area (Å²) in [6.07, 6.45) is 3.11. The number of aromatic nitrogens is 1. The highest BCUT2D eigenvalue weighted by Gasteiger charge is 2.17. The van der Waals surface area contributed by atoms with E-state index in [0.717, 1.165) is 12.0 Å². The lowest BCUT2D eigenvalue weighted by atomic mass is 10.2. The first kappa shape index (κ1) is 21.5. The number of hydrazone groups is 1. The van der Waals surface area contributed by atoms with E-state index >= 15 is 0 Å². The molecule has 2 aromatic rings. The fraction of sp³-hybridized carbons (Fsp3) is 0.421. The van der Waals surface area contributed by atoms with E-state index in [0.29, 0.717) is 46.0 Å². The van der Waals surface area contributed by atoms with Crippen LogP contribution < -0.4 is 19.6 Å². The molecular formula is C19H25N3O5S. The summed E-state index contributed by atoms with van der Waals surface area (Å²) in [5.41, 5.74) is 4.28. The van der Waals surface area contributed by atoms with Crippen LogP contribution in [-0.4, -0.2) is 45.1 Å². The minimum Gasteiger partial charge on any atom is -0.493 e. The molecule has 152 valence electrons. The van der Waals surface area contributed by atoms with Crippen molar-refractivity contribution in [2.75, 3.05) is 33.4 Å². The molecule has 0 amide bonds. The lowest BCUT2D eigenvalue weighted by Gasteiger charge is -2.14. The van der Waals surface area contributed by atoms with Gasteiger partial charge in [-0.25, -0.2) is 9.78 Å². The number of rotatable bonds is 10. The van der Waals surface area contributed by atoms with Gasteiger partial charge in [-0.3, -0.25) is 5.43 Å². The first-order valence-corrected chi connectivity index (χ1v) is 9.65. The first-order valence-electron chi connectivity index (χ1n) is 8.83. The third-order valence-corrected chi connectivity index (χ3v) is 4.69. The Labute approximate surface area is 168 Å². The summed E-state index contributed by atoms with van der Waals surface area (Å²) in [5.74, 6) is 1.28. The van der Waals surface area contributed by atoms with Gasteiger partial charge in [-0.1, -0.05) is 25.2 Å². The lowest BCUT2D eigenvalue weighted by Crippen LogP contribution is -2.01. The van der Waals surface area contributed by atoms with Gasteiger partial charge in [-0.05, 0) is 25.0 Å². The van der Waals surface area contributed by atoms with Crippen LogP contribution in [0, 0.1) is 0 Å². The molecule has 0 radical (unpaired) electrons. The number of benzene rings is 1. The zero-order valence-electron chi connectivity index (χ0n) is 16.7. The summed E-state index contributed by atoms with van der Waals surface area (Å²) in [7, 11) is 4.49. The van der Waals surface area contributed by atoms with Crippen LogP contribution in [0.25, 0.3) is 0 Å². The van der Waals surface area contributed by atoms with Gasteiger partial charge in [0.25, 0.3) is 0 Å². The number of thiazole rings is 1. The number of carbonyl (C=O) groups is 1. The average molecular weight is 407 g/mol. The Balaban J connectivity index is 2.20. The van der Waals surface area contributed by atoms with Gasteiger partial charge in [0, 0.05) is 5.56 Å². The standard InChI is InChI=1S/C19H25N3O5S/c1-6-8-27-16-14(24-3)9-12(10-15(16)25-4)11-20-22-19-21-13(7-2)17(28-19)18(23)26-5/h9-11H,6-8H2,1-5H3,(H,21,22)/b20-11-. The Bertz CT molecular complexity index is 810. The molecule has 0 aliphatic heterocycles. The number of methoxy groups -OCH3 is 3. The molecule has 2 rings (SSSR count). The number of aryl methyl sites for hydroxylation is 1. The number of hydrogen-bond donors (Lipinski definition) is 1. The molecule has 0 saturated carbocycles. The summed E-state index contributed by atoms with van der Waals surface area (Å²) < 4.78 is 21.3. The van der Waals surface area contributed by atoms with Gasteiger partial charge in [0.1, 0.15) is 4.88 Å². The third kappa shape index (κ3) is 5.13. The zero-order valence-corrected chi connectivity index (χ0v) is 17.5. The Kier molecular flexibility index (Phi) is 8.06. The molecule has 0 fully saturated rings. The van der Waals surface area contributed by atoms with Gasteiger partial charge in [0.15, 0.2) is 11.5 Å². The second kappa shape index (κ2) is 10.5. The molecule has 0 unspecified atom stereocenters. The van der Waals surface area contributed by atoms with Crippen LogP contribution in [0.3, 0.4) is 0 Å². The highest BCUT2D eigenvalue weighted by atomic mass is 32.1. The summed E-state index contributed by atoms with van der Waals surface area (Å²) in [6, 6.07) is 3.61. The largest absolute Gasteiger partial charge is 0.493 e. The molecule has 1 heterocycles. The molecule has 9 heteroatoms. The van der Waals surface area contributed by atoms with E-state index in [9.17, 15) is 4.79 Å². The quantitative estimate of drug-likeness (QED) is 0.364. The Morgan fingerprint density at radius 1 is 1.21 bits per heavy atom. The zero-order chi connectivity index (χ0) is 20.5. The number of nitrogens with zero attached hydrogens (tertiary/aromatic N) is 2. The summed E-state index contributed by atoms with van der Waals surface area (Å²) in [5, 5.41) is 4.71. The van der Waals surface area contributed by atoms with E-state index in [2.05, 4.69) is 15.5 Å². The summed E-state index contributed by atoms with van der Waals surface area (Å²) in [4.78, 5) is 16.6. The predicted octanol–water partition coefficient (Wildman–Crippen LogP) is 3.74. The molecule has 28 heavy (non-hydrogen) atoms. The van der Waals surface area contributed by atoms with Crippen LogP contribution in [0.2, 0.25) is 0 Å². The Morgan fingerprint density at radius 3 is 2.43 bits per heavy atom. The van der Waals surface area contributed by atoms with Gasteiger partial charge in [-0.15, -0.1) is 0 Å². The van der Waals surface area contributed by atoms with E-state index < -0.39 is 5.97 Å². The van der Waals surface area contributed by atoms with Gasteiger partial charge >= 0.3 is 5.97 Å². The van der Waals surface area contributed by atoms with Crippen molar-refractivity contribution >= 4 is 28.7 Å². The van der Waals surface area contributed by atoms with Crippen LogP contribution >= 0.6 is 11.3 Å². The van der Waals surface area contributed by atoms with Crippen LogP contribution in [-0.2, 0) is 11.2 Å². The highest BCUT2D eigenvalue weighted by Crippen LogP contribution is 2.38. The highest BCUT2D eigenvalue weighted by molar-refractivity contribution is 7.17. The van der Waals surface area contributed by atoms with Gasteiger partial charge in [0.05, 0.1) is 39.8 Å². The summed E-state index contributed by atoms with van der Waals surface area (Å²) in [6.45, 7) is 4.52. The molecule has 1 N–H and O–H groups in total. The molecule has 0 saturated heterocycles. The van der Waals surface area contributed by atoms with E-state index in [1.807, 2.05) is 13.8 Å². The van der Waals surface area contributed by atoms with Gasteiger partial charge in [-0.2, -0.15) is 5.10 Å². The topological polar surface area (TPSA) is 91.3 Å². The Morgan fingerprint density at radius 2 is 1.89 bits per heavy atom. The maximum atomic E-state index is 11.8. The van der Waals surface area contributed by atoms with Crippen LogP contribution in [0.5, 0.6) is 17.2 Å². The molecule has 0 aliphatic carbocycles. The van der Waals surface area contributed by atoms with E-state index in [4.69, 9.17) is 18.9 Å². The number of ether oxygens (including phenoxy) is 4. The number of hydrogen-bond acceptors (Lipinski definition) is 9. The summed E-state index contributed by atoms with van der Waals surface area (Å²) >= 11 is 1.20. The van der Waals surface area contributed by atoms with E-state index in [1.54, 1.807) is 32.6 Å².